The van der Waals surface area contributed by atoms with Crippen molar-refractivity contribution in [3.8, 4) is 0 Å². The van der Waals surface area contributed by atoms with Crippen molar-refractivity contribution in [3.05, 3.63) is 12.3 Å². The summed E-state index contributed by atoms with van der Waals surface area (Å²) >= 11 is 0. The summed E-state index contributed by atoms with van der Waals surface area (Å²) in [5.41, 5.74) is 0. The van der Waals surface area contributed by atoms with Gasteiger partial charge in [0.2, 0.25) is 9.76 Å². The molecular weight excluding hydrogens is 173 g/mol. The van der Waals surface area contributed by atoms with Gasteiger partial charge in [-0.15, -0.1) is 0 Å². The van der Waals surface area contributed by atoms with E-state index < -0.39 is 22.4 Å². The van der Waals surface area contributed by atoms with Crippen molar-refractivity contribution in [2.75, 3.05) is 0 Å². The Morgan fingerprint density at radius 1 is 1.55 bits per heavy atom. The van der Waals surface area contributed by atoms with Gasteiger partial charge in [-0.2, -0.15) is 13.2 Å². The van der Waals surface area contributed by atoms with E-state index in [9.17, 15) is 13.2 Å². The summed E-state index contributed by atoms with van der Waals surface area (Å²) < 4.78 is 39.5. The largest absolute Gasteiger partial charge is 0.553 e. The minimum Gasteiger partial charge on any atom is -0.553 e. The molecule has 0 aliphatic rings. The molecule has 1 nitrogen and oxygen atoms in total. The number of hydrogen-bond donors (Lipinski definition) is 0. The molecule has 0 bridgehead atoms. The molecule has 0 aromatic heterocycles. The molecule has 0 radical (unpaired) electrons. The Labute approximate surface area is 66.2 Å². The highest BCUT2D eigenvalue weighted by atomic mass is 28.2. The molecule has 0 unspecified atom stereocenters. The molecule has 0 aliphatic carbocycles. The number of alkyl halides is 3. The SMILES string of the molecule is C=C(C)O[SiH2]CCC(F)(F)F. The summed E-state index contributed by atoms with van der Waals surface area (Å²) in [7, 11) is -1.04. The average Bonchev–Trinajstić information content (AvgIpc) is 1.78. The molecule has 0 fully saturated rings. The van der Waals surface area contributed by atoms with Crippen molar-refractivity contribution >= 4 is 9.76 Å². The topological polar surface area (TPSA) is 9.23 Å². The van der Waals surface area contributed by atoms with Gasteiger partial charge < -0.3 is 4.43 Å². The van der Waals surface area contributed by atoms with Crippen LogP contribution in [0.1, 0.15) is 13.3 Å². The molecule has 11 heavy (non-hydrogen) atoms. The van der Waals surface area contributed by atoms with Gasteiger partial charge in [0.1, 0.15) is 0 Å². The molecule has 0 heterocycles. The second-order valence-electron chi connectivity index (χ2n) is 2.27. The smallest absolute Gasteiger partial charge is 0.388 e. The van der Waals surface area contributed by atoms with E-state index in [1.807, 2.05) is 0 Å². The Bertz CT molecular complexity index is 132. The lowest BCUT2D eigenvalue weighted by Crippen LogP contribution is -2.09. The Morgan fingerprint density at radius 2 is 2.09 bits per heavy atom. The van der Waals surface area contributed by atoms with Crippen molar-refractivity contribution in [2.24, 2.45) is 0 Å². The number of allylic oxidation sites excluding steroid dienone is 1. The average molecular weight is 184 g/mol. The van der Waals surface area contributed by atoms with E-state index in [1.54, 1.807) is 6.92 Å². The van der Waals surface area contributed by atoms with Crippen LogP contribution >= 0.6 is 0 Å². The zero-order valence-corrected chi connectivity index (χ0v) is 7.78. The standard InChI is InChI=1S/C6H11F3OSi/c1-5(2)10-11-4-3-6(7,8)9/h1,3-4,11H2,2H3. The molecular formula is C6H11F3OSi. The fourth-order valence-electron chi connectivity index (χ4n) is 0.519. The second-order valence-corrected chi connectivity index (χ2v) is 3.67. The van der Waals surface area contributed by atoms with Crippen LogP contribution in [0.2, 0.25) is 6.04 Å². The van der Waals surface area contributed by atoms with Gasteiger partial charge in [-0.1, -0.05) is 6.58 Å². The maximum Gasteiger partial charge on any atom is 0.388 e. The Morgan fingerprint density at radius 3 is 2.45 bits per heavy atom. The maximum absolute atomic E-state index is 11.5. The summed E-state index contributed by atoms with van der Waals surface area (Å²) in [6.07, 6.45) is -4.77. The van der Waals surface area contributed by atoms with Crippen LogP contribution in [0.25, 0.3) is 0 Å². The molecule has 0 rings (SSSR count). The van der Waals surface area contributed by atoms with Crippen molar-refractivity contribution in [3.63, 3.8) is 0 Å². The first-order chi connectivity index (χ1) is 4.92. The highest BCUT2D eigenvalue weighted by Gasteiger charge is 2.26. The van der Waals surface area contributed by atoms with E-state index in [2.05, 4.69) is 6.58 Å². The van der Waals surface area contributed by atoms with Crippen LogP contribution < -0.4 is 0 Å². The summed E-state index contributed by atoms with van der Waals surface area (Å²) in [6, 6.07) is 0.135. The molecule has 0 atom stereocenters. The van der Waals surface area contributed by atoms with Crippen LogP contribution in [0.15, 0.2) is 12.3 Å². The lowest BCUT2D eigenvalue weighted by atomic mass is 10.5. The van der Waals surface area contributed by atoms with Gasteiger partial charge in [-0.25, -0.2) is 0 Å². The molecule has 66 valence electrons. The summed E-state index contributed by atoms with van der Waals surface area (Å²) in [6.45, 7) is 5.06. The van der Waals surface area contributed by atoms with Gasteiger partial charge in [-0.05, 0) is 13.0 Å². The van der Waals surface area contributed by atoms with E-state index in [0.717, 1.165) is 0 Å². The fraction of sp³-hybridized carbons (Fsp3) is 0.667. The lowest BCUT2D eigenvalue weighted by molar-refractivity contribution is -0.130. The van der Waals surface area contributed by atoms with Gasteiger partial charge in [0.15, 0.2) is 0 Å². The van der Waals surface area contributed by atoms with Crippen LogP contribution in [0.3, 0.4) is 0 Å². The van der Waals surface area contributed by atoms with Crippen molar-refractivity contribution in [2.45, 2.75) is 25.6 Å². The second kappa shape index (κ2) is 4.43. The van der Waals surface area contributed by atoms with Crippen LogP contribution in [0.4, 0.5) is 13.2 Å². The minimum atomic E-state index is -4.04. The highest BCUT2D eigenvalue weighted by Crippen LogP contribution is 2.21. The first-order valence-corrected chi connectivity index (χ1v) is 4.84. The minimum absolute atomic E-state index is 0.135. The molecule has 0 aromatic rings. The van der Waals surface area contributed by atoms with E-state index in [1.165, 1.54) is 0 Å². The van der Waals surface area contributed by atoms with Crippen LogP contribution in [0, 0.1) is 0 Å². The molecule has 5 heteroatoms. The molecule has 0 saturated carbocycles. The van der Waals surface area contributed by atoms with E-state index >= 15 is 0 Å². The first-order valence-electron chi connectivity index (χ1n) is 3.27. The molecule has 0 spiro atoms. The number of halogens is 3. The molecule has 0 amide bonds. The Hall–Kier alpha value is -0.453. The highest BCUT2D eigenvalue weighted by molar-refractivity contribution is 6.27. The van der Waals surface area contributed by atoms with E-state index in [0.29, 0.717) is 5.76 Å². The zero-order chi connectivity index (χ0) is 8.91. The summed E-state index contributed by atoms with van der Waals surface area (Å²) in [5.74, 6) is 0.513. The van der Waals surface area contributed by atoms with Crippen molar-refractivity contribution < 1.29 is 17.6 Å². The summed E-state index contributed by atoms with van der Waals surface area (Å²) in [4.78, 5) is 0. The van der Waals surface area contributed by atoms with Gasteiger partial charge in [0.25, 0.3) is 0 Å². The van der Waals surface area contributed by atoms with Gasteiger partial charge in [0, 0.05) is 6.42 Å². The van der Waals surface area contributed by atoms with Gasteiger partial charge >= 0.3 is 6.18 Å². The molecule has 0 aliphatic heterocycles. The third-order valence-corrected chi connectivity index (χ3v) is 2.29. The number of rotatable bonds is 4. The van der Waals surface area contributed by atoms with Gasteiger partial charge in [0.05, 0.1) is 5.76 Å². The normalized spacial score (nSPS) is 12.4. The zero-order valence-electron chi connectivity index (χ0n) is 6.37. The quantitative estimate of drug-likeness (QED) is 0.369. The van der Waals surface area contributed by atoms with Crippen LogP contribution in [-0.4, -0.2) is 15.9 Å². The Kier molecular flexibility index (Phi) is 4.25. The first kappa shape index (κ1) is 10.5. The third-order valence-electron chi connectivity index (χ3n) is 0.953. The third kappa shape index (κ3) is 9.55. The van der Waals surface area contributed by atoms with Crippen LogP contribution in [0.5, 0.6) is 0 Å². The molecule has 0 N–H and O–H groups in total. The van der Waals surface area contributed by atoms with E-state index in [4.69, 9.17) is 4.43 Å². The molecule has 0 saturated heterocycles. The predicted molar refractivity (Wildman–Crippen MR) is 39.9 cm³/mol. The van der Waals surface area contributed by atoms with Crippen molar-refractivity contribution in [1.29, 1.82) is 0 Å². The molecule has 0 aromatic carbocycles. The fourth-order valence-corrected chi connectivity index (χ4v) is 1.56. The monoisotopic (exact) mass is 184 g/mol. The predicted octanol–water partition coefficient (Wildman–Crippen LogP) is 1.99. The maximum atomic E-state index is 11.5. The van der Waals surface area contributed by atoms with Crippen LogP contribution in [-0.2, 0) is 4.43 Å². The lowest BCUT2D eigenvalue weighted by Gasteiger charge is -2.06. The van der Waals surface area contributed by atoms with Gasteiger partial charge in [-0.3, -0.25) is 0 Å². The number of hydrogen-bond acceptors (Lipinski definition) is 1. The Balaban J connectivity index is 3.22. The van der Waals surface area contributed by atoms with E-state index in [-0.39, 0.29) is 6.04 Å². The summed E-state index contributed by atoms with van der Waals surface area (Å²) in [5, 5.41) is 0. The van der Waals surface area contributed by atoms with Crippen molar-refractivity contribution in [1.82, 2.24) is 0 Å².